The molecule has 6 heteroatoms. The maximum atomic E-state index is 11.0. The molecule has 112 valence electrons. The van der Waals surface area contributed by atoms with Crippen LogP contribution in [0.1, 0.15) is 23.7 Å². The van der Waals surface area contributed by atoms with Gasteiger partial charge in [0, 0.05) is 26.2 Å². The minimum Gasteiger partial charge on any atom is -0.478 e. The van der Waals surface area contributed by atoms with E-state index in [2.05, 4.69) is 21.7 Å². The summed E-state index contributed by atoms with van der Waals surface area (Å²) in [7, 11) is 0. The van der Waals surface area contributed by atoms with E-state index in [4.69, 9.17) is 9.52 Å². The molecule has 1 aromatic carbocycles. The van der Waals surface area contributed by atoms with Crippen LogP contribution in [0.2, 0.25) is 0 Å². The average molecular weight is 289 g/mol. The summed E-state index contributed by atoms with van der Waals surface area (Å²) >= 11 is 0. The van der Waals surface area contributed by atoms with Crippen molar-refractivity contribution in [2.75, 3.05) is 37.6 Å². The number of hydrogen-bond donors (Lipinski definition) is 1. The predicted molar refractivity (Wildman–Crippen MR) is 79.9 cm³/mol. The van der Waals surface area contributed by atoms with Gasteiger partial charge in [0.2, 0.25) is 0 Å². The van der Waals surface area contributed by atoms with Crippen LogP contribution in [0.3, 0.4) is 0 Å². The van der Waals surface area contributed by atoms with Crippen LogP contribution in [-0.2, 0) is 0 Å². The lowest BCUT2D eigenvalue weighted by atomic mass is 10.2. The summed E-state index contributed by atoms with van der Waals surface area (Å²) in [4.78, 5) is 20.0. The molecule has 0 amide bonds. The van der Waals surface area contributed by atoms with E-state index in [9.17, 15) is 4.79 Å². The van der Waals surface area contributed by atoms with E-state index in [-0.39, 0.29) is 5.56 Å². The monoisotopic (exact) mass is 289 g/mol. The fourth-order valence-corrected chi connectivity index (χ4v) is 2.66. The van der Waals surface area contributed by atoms with Gasteiger partial charge in [0.25, 0.3) is 6.01 Å². The molecule has 3 rings (SSSR count). The second-order valence-electron chi connectivity index (χ2n) is 5.31. The Balaban J connectivity index is 1.77. The molecule has 0 atom stereocenters. The number of nitrogens with zero attached hydrogens (tertiary/aromatic N) is 3. The number of carboxylic acids is 1. The smallest absolute Gasteiger partial charge is 0.335 e. The van der Waals surface area contributed by atoms with Crippen LogP contribution in [0, 0.1) is 0 Å². The van der Waals surface area contributed by atoms with Gasteiger partial charge < -0.3 is 14.4 Å². The Morgan fingerprint density at radius 2 is 2.10 bits per heavy atom. The number of piperazine rings is 1. The third kappa shape index (κ3) is 2.85. The molecule has 1 N–H and O–H groups in total. The molecule has 1 aliphatic rings. The molecule has 1 fully saturated rings. The summed E-state index contributed by atoms with van der Waals surface area (Å²) in [6.07, 6.45) is 1.17. The van der Waals surface area contributed by atoms with Crippen molar-refractivity contribution in [1.82, 2.24) is 9.88 Å². The molecule has 0 aliphatic carbocycles. The van der Waals surface area contributed by atoms with Crippen LogP contribution in [0.5, 0.6) is 0 Å². The zero-order chi connectivity index (χ0) is 14.8. The number of carbonyl (C=O) groups is 1. The van der Waals surface area contributed by atoms with Crippen LogP contribution in [0.15, 0.2) is 22.6 Å². The van der Waals surface area contributed by atoms with E-state index in [0.29, 0.717) is 17.1 Å². The maximum Gasteiger partial charge on any atom is 0.335 e. The molecule has 0 bridgehead atoms. The number of anilines is 1. The lowest BCUT2D eigenvalue weighted by molar-refractivity contribution is 0.0697. The molecule has 0 radical (unpaired) electrons. The summed E-state index contributed by atoms with van der Waals surface area (Å²) in [5.74, 6) is -0.956. The van der Waals surface area contributed by atoms with Gasteiger partial charge >= 0.3 is 5.97 Å². The van der Waals surface area contributed by atoms with E-state index in [1.54, 1.807) is 12.1 Å². The topological polar surface area (TPSA) is 69.8 Å². The molecule has 1 saturated heterocycles. The Morgan fingerprint density at radius 3 is 2.76 bits per heavy atom. The fraction of sp³-hybridized carbons (Fsp3) is 0.467. The van der Waals surface area contributed by atoms with E-state index in [1.165, 1.54) is 12.5 Å². The van der Waals surface area contributed by atoms with Crippen LogP contribution in [0.4, 0.5) is 6.01 Å². The first-order chi connectivity index (χ1) is 10.2. The van der Waals surface area contributed by atoms with Gasteiger partial charge in [-0.05, 0) is 31.2 Å². The standard InChI is InChI=1S/C15H19N3O3/c1-2-5-17-6-8-18(9-7-17)15-16-12-4-3-11(14(19)20)10-13(12)21-15/h3-4,10H,2,5-9H2,1H3,(H,19,20). The quantitative estimate of drug-likeness (QED) is 0.929. The zero-order valence-corrected chi connectivity index (χ0v) is 12.1. The molecule has 1 aliphatic heterocycles. The summed E-state index contributed by atoms with van der Waals surface area (Å²) in [5.41, 5.74) is 1.45. The second-order valence-corrected chi connectivity index (χ2v) is 5.31. The van der Waals surface area contributed by atoms with Crippen molar-refractivity contribution in [3.63, 3.8) is 0 Å². The highest BCUT2D eigenvalue weighted by Gasteiger charge is 2.20. The molecule has 0 unspecified atom stereocenters. The van der Waals surface area contributed by atoms with Crippen molar-refractivity contribution >= 4 is 23.1 Å². The second kappa shape index (κ2) is 5.73. The van der Waals surface area contributed by atoms with Gasteiger partial charge in [-0.25, -0.2) is 4.79 Å². The largest absolute Gasteiger partial charge is 0.478 e. The molecule has 0 spiro atoms. The molecule has 2 aromatic rings. The SMILES string of the molecule is CCCN1CCN(c2nc3ccc(C(=O)O)cc3o2)CC1. The first-order valence-electron chi connectivity index (χ1n) is 7.28. The van der Waals surface area contributed by atoms with Crippen molar-refractivity contribution in [2.45, 2.75) is 13.3 Å². The summed E-state index contributed by atoms with van der Waals surface area (Å²) in [6, 6.07) is 5.36. The minimum atomic E-state index is -0.956. The zero-order valence-electron chi connectivity index (χ0n) is 12.1. The highest BCUT2D eigenvalue weighted by molar-refractivity contribution is 5.92. The van der Waals surface area contributed by atoms with Crippen molar-refractivity contribution in [3.8, 4) is 0 Å². The molecular weight excluding hydrogens is 270 g/mol. The summed E-state index contributed by atoms with van der Waals surface area (Å²) in [6.45, 7) is 7.10. The van der Waals surface area contributed by atoms with Gasteiger partial charge in [-0.2, -0.15) is 4.98 Å². The predicted octanol–water partition coefficient (Wildman–Crippen LogP) is 2.06. The normalized spacial score (nSPS) is 16.5. The van der Waals surface area contributed by atoms with Gasteiger partial charge in [-0.15, -0.1) is 0 Å². The third-order valence-corrected chi connectivity index (χ3v) is 3.81. The summed E-state index contributed by atoms with van der Waals surface area (Å²) in [5, 5.41) is 9.00. The number of fused-ring (bicyclic) bond motifs is 1. The first kappa shape index (κ1) is 13.9. The van der Waals surface area contributed by atoms with Crippen LogP contribution < -0.4 is 4.90 Å². The van der Waals surface area contributed by atoms with Crippen molar-refractivity contribution in [2.24, 2.45) is 0 Å². The lowest BCUT2D eigenvalue weighted by Gasteiger charge is -2.33. The lowest BCUT2D eigenvalue weighted by Crippen LogP contribution is -2.46. The van der Waals surface area contributed by atoms with Gasteiger partial charge in [-0.1, -0.05) is 6.92 Å². The number of aromatic nitrogens is 1. The van der Waals surface area contributed by atoms with E-state index in [1.807, 2.05) is 0 Å². The Kier molecular flexibility index (Phi) is 3.79. The number of aromatic carboxylic acids is 1. The van der Waals surface area contributed by atoms with E-state index >= 15 is 0 Å². The van der Waals surface area contributed by atoms with E-state index in [0.717, 1.165) is 32.7 Å². The van der Waals surface area contributed by atoms with Crippen LogP contribution in [-0.4, -0.2) is 53.7 Å². The molecule has 2 heterocycles. The molecular formula is C15H19N3O3. The van der Waals surface area contributed by atoms with Crippen LogP contribution in [0.25, 0.3) is 11.1 Å². The Bertz CT molecular complexity index is 645. The number of oxazole rings is 1. The van der Waals surface area contributed by atoms with Gasteiger partial charge in [-0.3, -0.25) is 4.90 Å². The highest BCUT2D eigenvalue weighted by Crippen LogP contribution is 2.24. The first-order valence-corrected chi connectivity index (χ1v) is 7.28. The Morgan fingerprint density at radius 1 is 1.33 bits per heavy atom. The van der Waals surface area contributed by atoms with Crippen LogP contribution >= 0.6 is 0 Å². The molecule has 6 nitrogen and oxygen atoms in total. The number of hydrogen-bond acceptors (Lipinski definition) is 5. The Labute approximate surface area is 123 Å². The van der Waals surface area contributed by atoms with Gasteiger partial charge in [0.1, 0.15) is 5.52 Å². The maximum absolute atomic E-state index is 11.0. The molecule has 21 heavy (non-hydrogen) atoms. The van der Waals surface area contributed by atoms with Crippen molar-refractivity contribution < 1.29 is 14.3 Å². The van der Waals surface area contributed by atoms with E-state index < -0.39 is 5.97 Å². The highest BCUT2D eigenvalue weighted by atomic mass is 16.4. The number of benzene rings is 1. The summed E-state index contributed by atoms with van der Waals surface area (Å²) < 4.78 is 5.73. The molecule has 0 saturated carbocycles. The number of carboxylic acid groups (broad SMARTS) is 1. The third-order valence-electron chi connectivity index (χ3n) is 3.81. The average Bonchev–Trinajstić information content (AvgIpc) is 2.91. The minimum absolute atomic E-state index is 0.220. The number of rotatable bonds is 4. The Hall–Kier alpha value is -2.08. The van der Waals surface area contributed by atoms with Gasteiger partial charge in [0.05, 0.1) is 5.56 Å². The van der Waals surface area contributed by atoms with Crippen molar-refractivity contribution in [1.29, 1.82) is 0 Å². The van der Waals surface area contributed by atoms with Crippen molar-refractivity contribution in [3.05, 3.63) is 23.8 Å². The fourth-order valence-electron chi connectivity index (χ4n) is 2.66. The van der Waals surface area contributed by atoms with Gasteiger partial charge in [0.15, 0.2) is 5.58 Å². The molecule has 1 aromatic heterocycles.